The fraction of sp³-hybridized carbons (Fsp3) is 0.250. The van der Waals surface area contributed by atoms with E-state index in [1.54, 1.807) is 0 Å². The maximum Gasteiger partial charge on any atom is 0.117 e. The van der Waals surface area contributed by atoms with Gasteiger partial charge >= 0.3 is 0 Å². The van der Waals surface area contributed by atoms with E-state index in [1.165, 1.54) is 11.1 Å². The zero-order valence-electron chi connectivity index (χ0n) is 13.2. The zero-order valence-corrected chi connectivity index (χ0v) is 13.2. The van der Waals surface area contributed by atoms with E-state index in [0.717, 1.165) is 12.0 Å². The Hall–Kier alpha value is -2.37. The number of rotatable bonds is 6. The van der Waals surface area contributed by atoms with Gasteiger partial charge in [-0.1, -0.05) is 73.7 Å². The van der Waals surface area contributed by atoms with Gasteiger partial charge < -0.3 is 0 Å². The third-order valence-electron chi connectivity index (χ3n) is 3.71. The second-order valence-electron chi connectivity index (χ2n) is 5.34. The molecule has 112 valence electrons. The van der Waals surface area contributed by atoms with Crippen LogP contribution in [-0.2, 0) is 0 Å². The maximum absolute atomic E-state index is 9.51. The van der Waals surface area contributed by atoms with Crippen molar-refractivity contribution in [3.8, 4) is 6.07 Å². The summed E-state index contributed by atoms with van der Waals surface area (Å²) in [4.78, 5) is 0. The second kappa shape index (κ2) is 8.17. The number of nitrogens with zero attached hydrogens (tertiary/aromatic N) is 1. The Bertz CT molecular complexity index is 599. The predicted octanol–water partition coefficient (Wildman–Crippen LogP) is 4.61. The van der Waals surface area contributed by atoms with Gasteiger partial charge in [-0.2, -0.15) is 5.26 Å². The molecule has 0 radical (unpaired) electrons. The average Bonchev–Trinajstić information content (AvgIpc) is 2.57. The molecule has 2 heteroatoms. The predicted molar refractivity (Wildman–Crippen MR) is 91.3 cm³/mol. The van der Waals surface area contributed by atoms with E-state index in [0.29, 0.717) is 0 Å². The molecule has 2 aromatic carbocycles. The van der Waals surface area contributed by atoms with E-state index in [4.69, 9.17) is 0 Å². The Morgan fingerprint density at radius 2 is 1.55 bits per heavy atom. The smallest absolute Gasteiger partial charge is 0.117 e. The number of allylic oxidation sites excluding steroid dienone is 1. The van der Waals surface area contributed by atoms with Gasteiger partial charge in [-0.05, 0) is 30.0 Å². The van der Waals surface area contributed by atoms with Crippen LogP contribution < -0.4 is 5.32 Å². The third kappa shape index (κ3) is 4.07. The third-order valence-corrected chi connectivity index (χ3v) is 3.71. The first-order valence-electron chi connectivity index (χ1n) is 7.68. The Labute approximate surface area is 133 Å². The van der Waals surface area contributed by atoms with Gasteiger partial charge in [-0.15, -0.1) is 0 Å². The highest BCUT2D eigenvalue weighted by molar-refractivity contribution is 5.33. The summed E-state index contributed by atoms with van der Waals surface area (Å²) in [7, 11) is 0. The molecule has 2 rings (SSSR count). The molecule has 0 saturated heterocycles. The quantitative estimate of drug-likeness (QED) is 0.788. The van der Waals surface area contributed by atoms with Crippen molar-refractivity contribution in [2.24, 2.45) is 0 Å². The largest absolute Gasteiger partial charge is 0.288 e. The molecule has 22 heavy (non-hydrogen) atoms. The van der Waals surface area contributed by atoms with Crippen LogP contribution in [0.1, 0.15) is 37.4 Å². The number of nitriles is 1. The first-order valence-corrected chi connectivity index (χ1v) is 7.68. The molecular formula is C20H22N2. The molecule has 2 aromatic rings. The van der Waals surface area contributed by atoms with Gasteiger partial charge in [-0.3, -0.25) is 5.32 Å². The minimum Gasteiger partial charge on any atom is -0.288 e. The van der Waals surface area contributed by atoms with Crippen LogP contribution in [0.15, 0.2) is 72.3 Å². The fourth-order valence-electron chi connectivity index (χ4n) is 2.55. The van der Waals surface area contributed by atoms with Crippen molar-refractivity contribution in [2.45, 2.75) is 32.4 Å². The van der Waals surface area contributed by atoms with Crippen LogP contribution in [-0.4, -0.2) is 6.04 Å². The summed E-state index contributed by atoms with van der Waals surface area (Å²) in [5.41, 5.74) is 3.40. The van der Waals surface area contributed by atoms with Crippen molar-refractivity contribution in [3.63, 3.8) is 0 Å². The molecule has 0 aliphatic carbocycles. The van der Waals surface area contributed by atoms with Crippen LogP contribution in [0.5, 0.6) is 0 Å². The van der Waals surface area contributed by atoms with Gasteiger partial charge in [0.15, 0.2) is 0 Å². The average molecular weight is 290 g/mol. The molecular weight excluding hydrogens is 268 g/mol. The summed E-state index contributed by atoms with van der Waals surface area (Å²) < 4.78 is 0. The van der Waals surface area contributed by atoms with E-state index in [9.17, 15) is 5.26 Å². The standard InChI is InChI=1S/C20H22N2/c1-3-10-16(2)19(15-21)22-20(17-11-6-4-7-12-17)18-13-8-5-9-14-18/h4-14,19-20,22H,3H2,1-2H3. The summed E-state index contributed by atoms with van der Waals surface area (Å²) in [6.45, 7) is 4.10. The van der Waals surface area contributed by atoms with Crippen molar-refractivity contribution in [1.82, 2.24) is 5.32 Å². The molecule has 0 saturated carbocycles. The van der Waals surface area contributed by atoms with E-state index in [1.807, 2.05) is 43.3 Å². The summed E-state index contributed by atoms with van der Waals surface area (Å²) >= 11 is 0. The summed E-state index contributed by atoms with van der Waals surface area (Å²) in [6.07, 6.45) is 3.04. The fourth-order valence-corrected chi connectivity index (χ4v) is 2.55. The molecule has 1 atom stereocenters. The number of hydrogen-bond acceptors (Lipinski definition) is 2. The van der Waals surface area contributed by atoms with Crippen LogP contribution in [0.25, 0.3) is 0 Å². The lowest BCUT2D eigenvalue weighted by molar-refractivity contribution is 0.581. The maximum atomic E-state index is 9.51. The normalized spacial score (nSPS) is 12.9. The molecule has 0 fully saturated rings. The molecule has 1 unspecified atom stereocenters. The molecule has 0 bridgehead atoms. The minimum absolute atomic E-state index is 0.00672. The van der Waals surface area contributed by atoms with Crippen LogP contribution >= 0.6 is 0 Å². The van der Waals surface area contributed by atoms with Gasteiger partial charge in [0.05, 0.1) is 12.1 Å². The molecule has 0 aliphatic rings. The Morgan fingerprint density at radius 1 is 1.05 bits per heavy atom. The molecule has 1 N–H and O–H groups in total. The number of nitrogens with one attached hydrogen (secondary N) is 1. The van der Waals surface area contributed by atoms with E-state index < -0.39 is 0 Å². The van der Waals surface area contributed by atoms with Crippen LogP contribution in [0.4, 0.5) is 0 Å². The van der Waals surface area contributed by atoms with Crippen molar-refractivity contribution >= 4 is 0 Å². The van der Waals surface area contributed by atoms with Crippen molar-refractivity contribution in [1.29, 1.82) is 5.26 Å². The van der Waals surface area contributed by atoms with Gasteiger partial charge in [0.2, 0.25) is 0 Å². The topological polar surface area (TPSA) is 35.8 Å². The van der Waals surface area contributed by atoms with Crippen LogP contribution in [0, 0.1) is 11.3 Å². The van der Waals surface area contributed by atoms with Gasteiger partial charge in [0.1, 0.15) is 6.04 Å². The van der Waals surface area contributed by atoms with Crippen molar-refractivity contribution in [3.05, 3.63) is 83.4 Å². The Balaban J connectivity index is 2.34. The molecule has 0 aliphatic heterocycles. The summed E-state index contributed by atoms with van der Waals surface area (Å²) in [5.74, 6) is 0. The monoisotopic (exact) mass is 290 g/mol. The lowest BCUT2D eigenvalue weighted by Crippen LogP contribution is -2.33. The first kappa shape index (κ1) is 16.0. The zero-order chi connectivity index (χ0) is 15.8. The molecule has 0 spiro atoms. The molecule has 2 nitrogen and oxygen atoms in total. The molecule has 0 amide bonds. The Kier molecular flexibility index (Phi) is 5.94. The van der Waals surface area contributed by atoms with Crippen LogP contribution in [0.2, 0.25) is 0 Å². The minimum atomic E-state index is -0.287. The van der Waals surface area contributed by atoms with Crippen molar-refractivity contribution < 1.29 is 0 Å². The van der Waals surface area contributed by atoms with Gasteiger partial charge in [0.25, 0.3) is 0 Å². The van der Waals surface area contributed by atoms with E-state index in [2.05, 4.69) is 48.7 Å². The highest BCUT2D eigenvalue weighted by atomic mass is 15.0. The lowest BCUT2D eigenvalue weighted by Gasteiger charge is -2.23. The number of benzene rings is 2. The summed E-state index contributed by atoms with van der Waals surface area (Å²) in [6, 6.07) is 22.6. The van der Waals surface area contributed by atoms with E-state index in [-0.39, 0.29) is 12.1 Å². The second-order valence-corrected chi connectivity index (χ2v) is 5.34. The number of hydrogen-bond donors (Lipinski definition) is 1. The van der Waals surface area contributed by atoms with Gasteiger partial charge in [-0.25, -0.2) is 0 Å². The molecule has 0 heterocycles. The lowest BCUT2D eigenvalue weighted by atomic mass is 9.96. The van der Waals surface area contributed by atoms with Crippen molar-refractivity contribution in [2.75, 3.05) is 0 Å². The van der Waals surface area contributed by atoms with Crippen LogP contribution in [0.3, 0.4) is 0 Å². The molecule has 0 aromatic heterocycles. The van der Waals surface area contributed by atoms with Gasteiger partial charge in [0, 0.05) is 0 Å². The summed E-state index contributed by atoms with van der Waals surface area (Å²) in [5, 5.41) is 13.0. The highest BCUT2D eigenvalue weighted by Crippen LogP contribution is 2.23. The Morgan fingerprint density at radius 3 is 1.95 bits per heavy atom. The SMILES string of the molecule is CCC=C(C)C(C#N)NC(c1ccccc1)c1ccccc1. The highest BCUT2D eigenvalue weighted by Gasteiger charge is 2.19. The van der Waals surface area contributed by atoms with E-state index >= 15 is 0 Å². The first-order chi connectivity index (χ1) is 10.8.